The lowest BCUT2D eigenvalue weighted by molar-refractivity contribution is -0.136. The fourth-order valence-electron chi connectivity index (χ4n) is 2.61. The lowest BCUT2D eigenvalue weighted by atomic mass is 9.95. The molecule has 2 amide bonds. The van der Waals surface area contributed by atoms with Crippen molar-refractivity contribution in [2.75, 3.05) is 39.6 Å². The van der Waals surface area contributed by atoms with Crippen LogP contribution in [0.2, 0.25) is 0 Å². The molecule has 1 aliphatic rings. The number of esters is 1. The molecule has 8 heteroatoms. The Balaban J connectivity index is 2.11. The third-order valence-corrected chi connectivity index (χ3v) is 5.05. The fraction of sp³-hybridized carbons (Fsp3) is 0.562. The highest BCUT2D eigenvalue weighted by atomic mass is 32.1. The van der Waals surface area contributed by atoms with Gasteiger partial charge in [0.1, 0.15) is 5.00 Å². The third kappa shape index (κ3) is 4.33. The molecular weight excluding hydrogens is 330 g/mol. The number of anilines is 1. The predicted octanol–water partition coefficient (Wildman–Crippen LogP) is 1.03. The quantitative estimate of drug-likeness (QED) is 0.610. The van der Waals surface area contributed by atoms with E-state index in [-0.39, 0.29) is 0 Å². The number of ether oxygens (including phenoxy) is 1. The van der Waals surface area contributed by atoms with E-state index in [0.717, 1.165) is 36.1 Å². The summed E-state index contributed by atoms with van der Waals surface area (Å²) in [6.45, 7) is 1.02. The first-order valence-corrected chi connectivity index (χ1v) is 8.72. The molecule has 2 N–H and O–H groups in total. The molecular formula is C16H23N3O4S. The zero-order valence-corrected chi connectivity index (χ0v) is 15.0. The van der Waals surface area contributed by atoms with Gasteiger partial charge in [-0.25, -0.2) is 4.79 Å². The Morgan fingerprint density at radius 1 is 1.17 bits per heavy atom. The molecule has 0 saturated carbocycles. The van der Waals surface area contributed by atoms with Gasteiger partial charge < -0.3 is 20.3 Å². The number of carbonyl (C=O) groups excluding carboxylic acids is 3. The number of nitrogens with zero attached hydrogens (tertiary/aromatic N) is 1. The number of thiophene rings is 1. The van der Waals surface area contributed by atoms with Crippen LogP contribution < -0.4 is 10.6 Å². The van der Waals surface area contributed by atoms with Gasteiger partial charge in [-0.1, -0.05) is 0 Å². The van der Waals surface area contributed by atoms with Crippen molar-refractivity contribution in [3.05, 3.63) is 16.0 Å². The zero-order valence-electron chi connectivity index (χ0n) is 14.2. The van der Waals surface area contributed by atoms with Crippen LogP contribution in [0.15, 0.2) is 0 Å². The third-order valence-electron chi connectivity index (χ3n) is 3.84. The van der Waals surface area contributed by atoms with Crippen LogP contribution in [-0.2, 0) is 27.2 Å². The number of hydrogen-bond acceptors (Lipinski definition) is 6. The number of aryl methyl sites for hydroxylation is 1. The minimum atomic E-state index is -0.766. The van der Waals surface area contributed by atoms with Gasteiger partial charge in [0.2, 0.25) is 0 Å². The number of methoxy groups -OCH3 is 1. The van der Waals surface area contributed by atoms with Gasteiger partial charge in [-0.05, 0) is 45.3 Å². The van der Waals surface area contributed by atoms with Gasteiger partial charge in [-0.3, -0.25) is 9.59 Å². The topological polar surface area (TPSA) is 87.7 Å². The van der Waals surface area contributed by atoms with Crippen LogP contribution in [0, 0.1) is 0 Å². The van der Waals surface area contributed by atoms with Crippen molar-refractivity contribution in [1.29, 1.82) is 0 Å². The van der Waals surface area contributed by atoms with Crippen LogP contribution in [0.5, 0.6) is 0 Å². The smallest absolute Gasteiger partial charge is 0.341 e. The van der Waals surface area contributed by atoms with Gasteiger partial charge >= 0.3 is 17.8 Å². The number of rotatable bonds is 5. The summed E-state index contributed by atoms with van der Waals surface area (Å²) in [5.41, 5.74) is 1.34. The maximum Gasteiger partial charge on any atom is 0.341 e. The zero-order chi connectivity index (χ0) is 17.7. The Labute approximate surface area is 145 Å². The SMILES string of the molecule is COC(=O)c1c(NC(=O)C(=O)NCCN(C)C)sc2c1CCCC2. The van der Waals surface area contributed by atoms with Crippen molar-refractivity contribution in [3.8, 4) is 0 Å². The summed E-state index contributed by atoms with van der Waals surface area (Å²) in [6.07, 6.45) is 3.74. The van der Waals surface area contributed by atoms with Crippen molar-refractivity contribution in [2.24, 2.45) is 0 Å². The Morgan fingerprint density at radius 2 is 1.88 bits per heavy atom. The molecule has 2 rings (SSSR count). The molecule has 0 aliphatic heterocycles. The van der Waals surface area contributed by atoms with Crippen LogP contribution in [0.1, 0.15) is 33.6 Å². The highest BCUT2D eigenvalue weighted by molar-refractivity contribution is 7.17. The highest BCUT2D eigenvalue weighted by Crippen LogP contribution is 2.38. The van der Waals surface area contributed by atoms with E-state index in [0.29, 0.717) is 23.7 Å². The minimum Gasteiger partial charge on any atom is -0.465 e. The molecule has 0 radical (unpaired) electrons. The number of carbonyl (C=O) groups is 3. The molecule has 7 nitrogen and oxygen atoms in total. The van der Waals surface area contributed by atoms with E-state index in [4.69, 9.17) is 4.74 Å². The maximum absolute atomic E-state index is 12.1. The van der Waals surface area contributed by atoms with E-state index >= 15 is 0 Å². The molecule has 1 aromatic rings. The summed E-state index contributed by atoms with van der Waals surface area (Å²) in [5, 5.41) is 5.53. The number of amides is 2. The second-order valence-electron chi connectivity index (χ2n) is 5.92. The van der Waals surface area contributed by atoms with Crippen molar-refractivity contribution in [2.45, 2.75) is 25.7 Å². The van der Waals surface area contributed by atoms with Crippen molar-refractivity contribution < 1.29 is 19.1 Å². The van der Waals surface area contributed by atoms with Crippen molar-refractivity contribution in [3.63, 3.8) is 0 Å². The van der Waals surface area contributed by atoms with Crippen molar-refractivity contribution in [1.82, 2.24) is 10.2 Å². The molecule has 1 aliphatic carbocycles. The number of fused-ring (bicyclic) bond motifs is 1. The number of likely N-dealkylation sites (N-methyl/N-ethyl adjacent to an activating group) is 1. The van der Waals surface area contributed by atoms with Crippen LogP contribution in [0.25, 0.3) is 0 Å². The Bertz CT molecular complexity index is 640. The Hall–Kier alpha value is -1.93. The molecule has 132 valence electrons. The average Bonchev–Trinajstić information content (AvgIpc) is 2.91. The van der Waals surface area contributed by atoms with Gasteiger partial charge in [0.25, 0.3) is 0 Å². The molecule has 0 aromatic carbocycles. The number of nitrogens with one attached hydrogen (secondary N) is 2. The summed E-state index contributed by atoms with van der Waals surface area (Å²) >= 11 is 1.36. The standard InChI is InChI=1S/C16H23N3O4S/c1-19(2)9-8-17-13(20)14(21)18-15-12(16(22)23-3)10-6-4-5-7-11(10)24-15/h4-9H2,1-3H3,(H,17,20)(H,18,21). The first-order chi connectivity index (χ1) is 11.4. The first-order valence-electron chi connectivity index (χ1n) is 7.90. The first kappa shape index (κ1) is 18.4. The van der Waals surface area contributed by atoms with Gasteiger partial charge in [-0.2, -0.15) is 0 Å². The van der Waals surface area contributed by atoms with Crippen LogP contribution in [-0.4, -0.2) is 57.0 Å². The maximum atomic E-state index is 12.1. The monoisotopic (exact) mass is 353 g/mol. The second kappa shape index (κ2) is 8.25. The van der Waals surface area contributed by atoms with Crippen LogP contribution in [0.3, 0.4) is 0 Å². The van der Waals surface area contributed by atoms with E-state index in [1.54, 1.807) is 0 Å². The molecule has 24 heavy (non-hydrogen) atoms. The van der Waals surface area contributed by atoms with Gasteiger partial charge in [-0.15, -0.1) is 11.3 Å². The van der Waals surface area contributed by atoms with Gasteiger partial charge in [0.15, 0.2) is 0 Å². The average molecular weight is 353 g/mol. The summed E-state index contributed by atoms with van der Waals surface area (Å²) < 4.78 is 4.85. The van der Waals surface area contributed by atoms with Gasteiger partial charge in [0.05, 0.1) is 12.7 Å². The molecule has 0 fully saturated rings. The fourth-order valence-corrected chi connectivity index (χ4v) is 3.88. The van der Waals surface area contributed by atoms with E-state index in [9.17, 15) is 14.4 Å². The minimum absolute atomic E-state index is 0.379. The molecule has 0 saturated heterocycles. The van der Waals surface area contributed by atoms with Crippen LogP contribution in [0.4, 0.5) is 5.00 Å². The molecule has 0 atom stereocenters. The van der Waals surface area contributed by atoms with Crippen molar-refractivity contribution >= 4 is 34.1 Å². The molecule has 0 unspecified atom stereocenters. The molecule has 0 bridgehead atoms. The summed E-state index contributed by atoms with van der Waals surface area (Å²) in [6, 6.07) is 0. The summed E-state index contributed by atoms with van der Waals surface area (Å²) in [5.74, 6) is -1.95. The largest absolute Gasteiger partial charge is 0.465 e. The Kier molecular flexibility index (Phi) is 6.33. The lowest BCUT2D eigenvalue weighted by Crippen LogP contribution is -2.38. The van der Waals surface area contributed by atoms with E-state index in [1.807, 2.05) is 19.0 Å². The van der Waals surface area contributed by atoms with Crippen LogP contribution >= 0.6 is 11.3 Å². The van der Waals surface area contributed by atoms with E-state index < -0.39 is 17.8 Å². The Morgan fingerprint density at radius 3 is 2.54 bits per heavy atom. The van der Waals surface area contributed by atoms with E-state index in [2.05, 4.69) is 10.6 Å². The molecule has 1 aromatic heterocycles. The summed E-state index contributed by atoms with van der Waals surface area (Å²) in [7, 11) is 5.07. The highest BCUT2D eigenvalue weighted by Gasteiger charge is 2.28. The normalized spacial score (nSPS) is 13.3. The molecule has 0 spiro atoms. The lowest BCUT2D eigenvalue weighted by Gasteiger charge is -2.12. The molecule has 1 heterocycles. The van der Waals surface area contributed by atoms with Gasteiger partial charge in [0, 0.05) is 18.0 Å². The van der Waals surface area contributed by atoms with E-state index in [1.165, 1.54) is 18.4 Å². The summed E-state index contributed by atoms with van der Waals surface area (Å²) in [4.78, 5) is 39.0. The number of hydrogen-bond donors (Lipinski definition) is 2. The predicted molar refractivity (Wildman–Crippen MR) is 92.5 cm³/mol. The second-order valence-corrected chi connectivity index (χ2v) is 7.03.